The zero-order chi connectivity index (χ0) is 10.3. The van der Waals surface area contributed by atoms with Crippen LogP contribution in [0.4, 0.5) is 0 Å². The second kappa shape index (κ2) is 6.43. The van der Waals surface area contributed by atoms with Gasteiger partial charge in [0.1, 0.15) is 0 Å². The van der Waals surface area contributed by atoms with Gasteiger partial charge >= 0.3 is 0 Å². The minimum atomic E-state index is 0.688. The Labute approximate surface area is 79.1 Å². The molecule has 0 aromatic carbocycles. The Morgan fingerprint density at radius 1 is 1.54 bits per heavy atom. The lowest BCUT2D eigenvalue weighted by molar-refractivity contribution is 0.111. The van der Waals surface area contributed by atoms with Gasteiger partial charge in [-0.15, -0.1) is 0 Å². The minimum absolute atomic E-state index is 0.688. The molecule has 0 radical (unpaired) electrons. The Morgan fingerprint density at radius 2 is 2.08 bits per heavy atom. The van der Waals surface area contributed by atoms with E-state index in [1.165, 1.54) is 0 Å². The molecule has 0 saturated heterocycles. The number of methoxy groups -OCH3 is 1. The first-order valence-electron chi connectivity index (χ1n) is 4.26. The van der Waals surface area contributed by atoms with E-state index in [9.17, 15) is 4.79 Å². The monoisotopic (exact) mass is 183 g/mol. The van der Waals surface area contributed by atoms with Crippen LogP contribution >= 0.6 is 0 Å². The van der Waals surface area contributed by atoms with Gasteiger partial charge in [0.05, 0.1) is 5.69 Å². The van der Waals surface area contributed by atoms with E-state index in [0.29, 0.717) is 5.69 Å². The Kier molecular flexibility index (Phi) is 5.89. The average molecular weight is 183 g/mol. The number of hydrogen-bond acceptors (Lipinski definition) is 2. The highest BCUT2D eigenvalue weighted by molar-refractivity contribution is 5.75. The van der Waals surface area contributed by atoms with Crippen LogP contribution in [-0.4, -0.2) is 25.0 Å². The lowest BCUT2D eigenvalue weighted by atomic mass is 10.2. The maximum Gasteiger partial charge on any atom is 0.166 e. The van der Waals surface area contributed by atoms with Crippen molar-refractivity contribution in [2.24, 2.45) is 0 Å². The highest BCUT2D eigenvalue weighted by atomic mass is 16.5. The summed E-state index contributed by atoms with van der Waals surface area (Å²) in [6, 6.07) is 0. The SMILES string of the molecule is CCOC.Cc1c[nH]c(C=O)c1C. The first-order chi connectivity index (χ1) is 6.17. The molecule has 0 atom stereocenters. The number of aromatic amines is 1. The molecule has 0 saturated carbocycles. The maximum absolute atomic E-state index is 10.2. The van der Waals surface area contributed by atoms with Gasteiger partial charge in [-0.3, -0.25) is 4.79 Å². The van der Waals surface area contributed by atoms with E-state index in [4.69, 9.17) is 0 Å². The third kappa shape index (κ3) is 3.90. The summed E-state index contributed by atoms with van der Waals surface area (Å²) in [7, 11) is 1.68. The van der Waals surface area contributed by atoms with Crippen LogP contribution in [0, 0.1) is 13.8 Å². The number of nitrogens with one attached hydrogen (secondary N) is 1. The van der Waals surface area contributed by atoms with Crippen LogP contribution < -0.4 is 0 Å². The Balaban J connectivity index is 0.000000310. The minimum Gasteiger partial charge on any atom is -0.385 e. The lowest BCUT2D eigenvalue weighted by Crippen LogP contribution is -1.81. The number of aromatic nitrogens is 1. The summed E-state index contributed by atoms with van der Waals surface area (Å²) < 4.78 is 4.54. The molecule has 74 valence electrons. The normalized spacial score (nSPS) is 8.92. The Hall–Kier alpha value is -1.09. The summed E-state index contributed by atoms with van der Waals surface area (Å²) in [5, 5.41) is 0. The number of ether oxygens (including phenoxy) is 1. The molecule has 1 rings (SSSR count). The number of H-pyrrole nitrogens is 1. The predicted molar refractivity (Wildman–Crippen MR) is 53.2 cm³/mol. The van der Waals surface area contributed by atoms with Crippen LogP contribution in [0.5, 0.6) is 0 Å². The summed E-state index contributed by atoms with van der Waals surface area (Å²) in [5.41, 5.74) is 2.87. The molecule has 0 amide bonds. The summed E-state index contributed by atoms with van der Waals surface area (Å²) in [6.07, 6.45) is 2.67. The first-order valence-corrected chi connectivity index (χ1v) is 4.26. The molecule has 0 unspecified atom stereocenters. The van der Waals surface area contributed by atoms with E-state index < -0.39 is 0 Å². The van der Waals surface area contributed by atoms with Crippen molar-refractivity contribution in [2.75, 3.05) is 13.7 Å². The van der Waals surface area contributed by atoms with E-state index in [1.54, 1.807) is 7.11 Å². The number of carbonyl (C=O) groups is 1. The first kappa shape index (κ1) is 11.9. The summed E-state index contributed by atoms with van der Waals surface area (Å²) in [4.78, 5) is 13.1. The molecule has 0 aliphatic heterocycles. The molecule has 0 aliphatic carbocycles. The standard InChI is InChI=1S/C7H9NO.C3H8O/c1-5-3-8-7(4-9)6(5)2;1-3-4-2/h3-4,8H,1-2H3;3H2,1-2H3. The highest BCUT2D eigenvalue weighted by Crippen LogP contribution is 2.07. The van der Waals surface area contributed by atoms with Gasteiger partial charge in [0, 0.05) is 19.9 Å². The summed E-state index contributed by atoms with van der Waals surface area (Å²) in [6.45, 7) is 6.68. The number of rotatable bonds is 2. The van der Waals surface area contributed by atoms with Gasteiger partial charge in [0.25, 0.3) is 0 Å². The molecule has 0 bridgehead atoms. The van der Waals surface area contributed by atoms with E-state index in [-0.39, 0.29) is 0 Å². The Morgan fingerprint density at radius 3 is 2.23 bits per heavy atom. The van der Waals surface area contributed by atoms with Crippen LogP contribution in [0.25, 0.3) is 0 Å². The van der Waals surface area contributed by atoms with Gasteiger partial charge in [-0.1, -0.05) is 0 Å². The summed E-state index contributed by atoms with van der Waals surface area (Å²) >= 11 is 0. The van der Waals surface area contributed by atoms with Crippen LogP contribution in [0.2, 0.25) is 0 Å². The van der Waals surface area contributed by atoms with E-state index in [2.05, 4.69) is 9.72 Å². The largest absolute Gasteiger partial charge is 0.385 e. The van der Waals surface area contributed by atoms with Crippen LogP contribution in [0.15, 0.2) is 6.20 Å². The fraction of sp³-hybridized carbons (Fsp3) is 0.500. The molecule has 3 nitrogen and oxygen atoms in total. The third-order valence-corrected chi connectivity index (χ3v) is 1.85. The molecular formula is C10H17NO2. The molecule has 13 heavy (non-hydrogen) atoms. The molecule has 1 N–H and O–H groups in total. The molecule has 1 heterocycles. The molecule has 0 fully saturated rings. The second-order valence-corrected chi connectivity index (χ2v) is 2.71. The predicted octanol–water partition coefficient (Wildman–Crippen LogP) is 2.10. The average Bonchev–Trinajstić information content (AvgIpc) is 2.48. The van der Waals surface area contributed by atoms with Gasteiger partial charge in [-0.25, -0.2) is 0 Å². The van der Waals surface area contributed by atoms with Gasteiger partial charge in [0.15, 0.2) is 6.29 Å². The van der Waals surface area contributed by atoms with E-state index in [0.717, 1.165) is 24.0 Å². The van der Waals surface area contributed by atoms with Gasteiger partial charge < -0.3 is 9.72 Å². The van der Waals surface area contributed by atoms with Gasteiger partial charge in [0.2, 0.25) is 0 Å². The maximum atomic E-state index is 10.2. The number of hydrogen-bond donors (Lipinski definition) is 1. The zero-order valence-corrected chi connectivity index (χ0v) is 8.68. The van der Waals surface area contributed by atoms with Crippen molar-refractivity contribution >= 4 is 6.29 Å². The van der Waals surface area contributed by atoms with Gasteiger partial charge in [-0.05, 0) is 31.9 Å². The van der Waals surface area contributed by atoms with Crippen molar-refractivity contribution < 1.29 is 9.53 Å². The van der Waals surface area contributed by atoms with Crippen LogP contribution in [0.1, 0.15) is 28.5 Å². The lowest BCUT2D eigenvalue weighted by Gasteiger charge is -1.85. The van der Waals surface area contributed by atoms with Crippen molar-refractivity contribution in [1.82, 2.24) is 4.98 Å². The van der Waals surface area contributed by atoms with Crippen LogP contribution in [-0.2, 0) is 4.74 Å². The summed E-state index contributed by atoms with van der Waals surface area (Å²) in [5.74, 6) is 0. The quantitative estimate of drug-likeness (QED) is 0.713. The van der Waals surface area contributed by atoms with Crippen molar-refractivity contribution in [2.45, 2.75) is 20.8 Å². The molecule has 0 aliphatic rings. The van der Waals surface area contributed by atoms with E-state index >= 15 is 0 Å². The van der Waals surface area contributed by atoms with Gasteiger partial charge in [-0.2, -0.15) is 0 Å². The molecule has 1 aromatic heterocycles. The number of carbonyl (C=O) groups excluding carboxylic acids is 1. The Bertz CT molecular complexity index is 251. The zero-order valence-electron chi connectivity index (χ0n) is 8.68. The van der Waals surface area contributed by atoms with Crippen molar-refractivity contribution in [1.29, 1.82) is 0 Å². The molecule has 0 spiro atoms. The molecular weight excluding hydrogens is 166 g/mol. The van der Waals surface area contributed by atoms with Crippen molar-refractivity contribution in [3.63, 3.8) is 0 Å². The van der Waals surface area contributed by atoms with E-state index in [1.807, 2.05) is 27.0 Å². The molecule has 3 heteroatoms. The fourth-order valence-electron chi connectivity index (χ4n) is 0.737. The topological polar surface area (TPSA) is 42.1 Å². The molecule has 1 aromatic rings. The smallest absolute Gasteiger partial charge is 0.166 e. The van der Waals surface area contributed by atoms with Crippen molar-refractivity contribution in [3.8, 4) is 0 Å². The number of aldehydes is 1. The second-order valence-electron chi connectivity index (χ2n) is 2.71. The fourth-order valence-corrected chi connectivity index (χ4v) is 0.737. The third-order valence-electron chi connectivity index (χ3n) is 1.85. The number of aryl methyl sites for hydroxylation is 1. The van der Waals surface area contributed by atoms with Crippen molar-refractivity contribution in [3.05, 3.63) is 23.0 Å². The highest BCUT2D eigenvalue weighted by Gasteiger charge is 1.99. The van der Waals surface area contributed by atoms with Crippen LogP contribution in [0.3, 0.4) is 0 Å².